The second kappa shape index (κ2) is 14.4. The number of guanidine groups is 1. The third kappa shape index (κ3) is 9.02. The summed E-state index contributed by atoms with van der Waals surface area (Å²) in [6, 6.07) is 0.416. The first kappa shape index (κ1) is 24.6. The van der Waals surface area contributed by atoms with Crippen LogP contribution in [-0.2, 0) is 13.0 Å². The summed E-state index contributed by atoms with van der Waals surface area (Å²) in [7, 11) is 0. The molecule has 30 heavy (non-hydrogen) atoms. The fourth-order valence-electron chi connectivity index (χ4n) is 4.24. The third-order valence-electron chi connectivity index (χ3n) is 6.28. The topological polar surface area (TPSA) is 70.4 Å². The van der Waals surface area contributed by atoms with E-state index in [0.717, 1.165) is 63.3 Å². The SMILES string of the molecule is CCc1nncn1CCNC(=NCC1CCCCC1)NC(C)CCCN(CC)CC. The van der Waals surface area contributed by atoms with Crippen LogP contribution in [0, 0.1) is 5.92 Å². The van der Waals surface area contributed by atoms with Crippen molar-refractivity contribution in [2.24, 2.45) is 10.9 Å². The molecule has 0 spiro atoms. The largest absolute Gasteiger partial charge is 0.355 e. The van der Waals surface area contributed by atoms with Crippen LogP contribution in [0.15, 0.2) is 11.3 Å². The molecule has 0 radical (unpaired) electrons. The zero-order valence-corrected chi connectivity index (χ0v) is 19.9. The Kier molecular flexibility index (Phi) is 11.8. The van der Waals surface area contributed by atoms with Crippen molar-refractivity contribution in [1.82, 2.24) is 30.3 Å². The predicted molar refractivity (Wildman–Crippen MR) is 126 cm³/mol. The van der Waals surface area contributed by atoms with Crippen molar-refractivity contribution in [3.63, 3.8) is 0 Å². The van der Waals surface area contributed by atoms with Gasteiger partial charge in [0.25, 0.3) is 0 Å². The quantitative estimate of drug-likeness (QED) is 0.378. The van der Waals surface area contributed by atoms with Gasteiger partial charge < -0.3 is 20.1 Å². The van der Waals surface area contributed by atoms with Crippen LogP contribution in [-0.4, -0.2) is 64.4 Å². The molecule has 0 aromatic carbocycles. The van der Waals surface area contributed by atoms with Crippen LogP contribution in [0.2, 0.25) is 0 Å². The molecule has 1 aromatic heterocycles. The first-order chi connectivity index (χ1) is 14.7. The van der Waals surface area contributed by atoms with Gasteiger partial charge in [-0.1, -0.05) is 40.0 Å². The number of nitrogens with one attached hydrogen (secondary N) is 2. The molecule has 0 aliphatic heterocycles. The minimum Gasteiger partial charge on any atom is -0.355 e. The summed E-state index contributed by atoms with van der Waals surface area (Å²) >= 11 is 0. The van der Waals surface area contributed by atoms with Crippen LogP contribution in [0.1, 0.15) is 78.5 Å². The molecule has 1 aliphatic carbocycles. The van der Waals surface area contributed by atoms with Gasteiger partial charge in [-0.05, 0) is 58.2 Å². The summed E-state index contributed by atoms with van der Waals surface area (Å²) in [4.78, 5) is 7.46. The van der Waals surface area contributed by atoms with Crippen molar-refractivity contribution in [2.75, 3.05) is 32.7 Å². The van der Waals surface area contributed by atoms with E-state index >= 15 is 0 Å². The molecule has 0 bridgehead atoms. The first-order valence-electron chi connectivity index (χ1n) is 12.3. The molecule has 0 amide bonds. The molecule has 7 heteroatoms. The summed E-state index contributed by atoms with van der Waals surface area (Å²) in [5.41, 5.74) is 0. The van der Waals surface area contributed by atoms with Crippen LogP contribution < -0.4 is 10.6 Å². The highest BCUT2D eigenvalue weighted by Crippen LogP contribution is 2.23. The molecule has 7 nitrogen and oxygen atoms in total. The number of rotatable bonds is 13. The Hall–Kier alpha value is -1.63. The number of hydrogen-bond donors (Lipinski definition) is 2. The lowest BCUT2D eigenvalue weighted by molar-refractivity contribution is 0.292. The molecule has 1 fully saturated rings. The van der Waals surface area contributed by atoms with Crippen molar-refractivity contribution >= 4 is 5.96 Å². The number of aliphatic imine (C=N–C) groups is 1. The van der Waals surface area contributed by atoms with Crippen LogP contribution in [0.5, 0.6) is 0 Å². The second-order valence-corrected chi connectivity index (χ2v) is 8.63. The summed E-state index contributed by atoms with van der Waals surface area (Å²) in [5.74, 6) is 2.75. The highest BCUT2D eigenvalue weighted by Gasteiger charge is 2.14. The molecule has 0 saturated heterocycles. The monoisotopic (exact) mass is 419 g/mol. The standard InChI is InChI=1S/C23H45N7/c1-5-22-28-26-19-30(22)17-15-24-23(25-18-21-13-9-8-10-14-21)27-20(4)12-11-16-29(6-2)7-3/h19-21H,5-18H2,1-4H3,(H2,24,25,27). The lowest BCUT2D eigenvalue weighted by Gasteiger charge is -2.23. The van der Waals surface area contributed by atoms with E-state index < -0.39 is 0 Å². The van der Waals surface area contributed by atoms with Crippen molar-refractivity contribution in [1.29, 1.82) is 0 Å². The lowest BCUT2D eigenvalue weighted by Crippen LogP contribution is -2.44. The summed E-state index contributed by atoms with van der Waals surface area (Å²) in [6.07, 6.45) is 11.9. The van der Waals surface area contributed by atoms with Gasteiger partial charge in [0.15, 0.2) is 5.96 Å². The molecular weight excluding hydrogens is 374 g/mol. The van der Waals surface area contributed by atoms with Crippen LogP contribution in [0.3, 0.4) is 0 Å². The van der Waals surface area contributed by atoms with E-state index in [2.05, 4.69) is 58.0 Å². The maximum Gasteiger partial charge on any atom is 0.191 e. The molecule has 1 unspecified atom stereocenters. The Morgan fingerprint density at radius 2 is 2.00 bits per heavy atom. The maximum atomic E-state index is 4.97. The molecule has 1 aliphatic rings. The van der Waals surface area contributed by atoms with Gasteiger partial charge in [0.1, 0.15) is 12.2 Å². The van der Waals surface area contributed by atoms with Crippen molar-refractivity contribution in [2.45, 2.75) is 91.6 Å². The maximum absolute atomic E-state index is 4.97. The van der Waals surface area contributed by atoms with Gasteiger partial charge in [0.05, 0.1) is 0 Å². The van der Waals surface area contributed by atoms with Gasteiger partial charge in [0.2, 0.25) is 0 Å². The minimum absolute atomic E-state index is 0.416. The van der Waals surface area contributed by atoms with Gasteiger partial charge in [-0.25, -0.2) is 0 Å². The lowest BCUT2D eigenvalue weighted by atomic mass is 9.89. The highest BCUT2D eigenvalue weighted by molar-refractivity contribution is 5.80. The number of nitrogens with zero attached hydrogens (tertiary/aromatic N) is 5. The van der Waals surface area contributed by atoms with Gasteiger partial charge >= 0.3 is 0 Å². The Balaban J connectivity index is 1.84. The molecule has 172 valence electrons. The van der Waals surface area contributed by atoms with Gasteiger partial charge in [-0.2, -0.15) is 0 Å². The molecular formula is C23H45N7. The fraction of sp³-hybridized carbons (Fsp3) is 0.870. The molecule has 1 heterocycles. The number of hydrogen-bond acceptors (Lipinski definition) is 4. The Morgan fingerprint density at radius 3 is 2.70 bits per heavy atom. The van der Waals surface area contributed by atoms with Gasteiger partial charge in [-0.3, -0.25) is 4.99 Å². The molecule has 2 N–H and O–H groups in total. The number of aromatic nitrogens is 3. The van der Waals surface area contributed by atoms with Crippen LogP contribution >= 0.6 is 0 Å². The summed E-state index contributed by atoms with van der Waals surface area (Å²) in [6.45, 7) is 14.9. The minimum atomic E-state index is 0.416. The average Bonchev–Trinajstić information content (AvgIpc) is 3.23. The zero-order valence-electron chi connectivity index (χ0n) is 19.9. The first-order valence-corrected chi connectivity index (χ1v) is 12.3. The smallest absolute Gasteiger partial charge is 0.191 e. The summed E-state index contributed by atoms with van der Waals surface area (Å²) < 4.78 is 2.12. The predicted octanol–water partition coefficient (Wildman–Crippen LogP) is 3.47. The molecule has 2 rings (SSSR count). The molecule has 1 aromatic rings. The van der Waals surface area contributed by atoms with Crippen molar-refractivity contribution in [3.8, 4) is 0 Å². The van der Waals surface area contributed by atoms with Gasteiger partial charge in [0, 0.05) is 32.1 Å². The highest BCUT2D eigenvalue weighted by atomic mass is 15.3. The van der Waals surface area contributed by atoms with Crippen LogP contribution in [0.4, 0.5) is 0 Å². The third-order valence-corrected chi connectivity index (χ3v) is 6.28. The van der Waals surface area contributed by atoms with Crippen molar-refractivity contribution < 1.29 is 0 Å². The van der Waals surface area contributed by atoms with Gasteiger partial charge in [-0.15, -0.1) is 10.2 Å². The van der Waals surface area contributed by atoms with Crippen molar-refractivity contribution in [3.05, 3.63) is 12.2 Å². The normalized spacial score (nSPS) is 16.8. The average molecular weight is 420 g/mol. The Labute approximate surface area is 184 Å². The molecule has 1 atom stereocenters. The van der Waals surface area contributed by atoms with E-state index in [1.807, 2.05) is 6.33 Å². The van der Waals surface area contributed by atoms with E-state index in [-0.39, 0.29) is 0 Å². The summed E-state index contributed by atoms with van der Waals surface area (Å²) in [5, 5.41) is 15.4. The second-order valence-electron chi connectivity index (χ2n) is 8.63. The van der Waals surface area contributed by atoms with E-state index in [0.29, 0.717) is 6.04 Å². The zero-order chi connectivity index (χ0) is 21.6. The Morgan fingerprint density at radius 1 is 1.23 bits per heavy atom. The number of aryl methyl sites for hydroxylation is 1. The Bertz CT molecular complexity index is 588. The molecule has 1 saturated carbocycles. The fourth-order valence-corrected chi connectivity index (χ4v) is 4.24. The van der Waals surface area contributed by atoms with Crippen LogP contribution in [0.25, 0.3) is 0 Å². The van der Waals surface area contributed by atoms with E-state index in [9.17, 15) is 0 Å². The van der Waals surface area contributed by atoms with E-state index in [1.165, 1.54) is 45.1 Å². The van der Waals surface area contributed by atoms with E-state index in [4.69, 9.17) is 4.99 Å². The van der Waals surface area contributed by atoms with E-state index in [1.54, 1.807) is 0 Å².